The van der Waals surface area contributed by atoms with Crippen molar-refractivity contribution < 1.29 is 14.1 Å². The Kier molecular flexibility index (Phi) is 5.81. The Morgan fingerprint density at radius 1 is 1.30 bits per heavy atom. The number of benzene rings is 1. The van der Waals surface area contributed by atoms with Gasteiger partial charge in [0.2, 0.25) is 0 Å². The van der Waals surface area contributed by atoms with E-state index >= 15 is 0 Å². The van der Waals surface area contributed by atoms with E-state index in [1.165, 1.54) is 0 Å². The third-order valence-electron chi connectivity index (χ3n) is 4.05. The van der Waals surface area contributed by atoms with Crippen molar-refractivity contribution >= 4 is 23.3 Å². The van der Waals surface area contributed by atoms with Crippen LogP contribution in [0.4, 0.5) is 5.82 Å². The lowest BCUT2D eigenvalue weighted by Gasteiger charge is -2.06. The van der Waals surface area contributed by atoms with Crippen LogP contribution in [-0.4, -0.2) is 20.8 Å². The SMILES string of the molecule is CCCn1nc(NC(=O)c2noc(C)c2COc2ccc(Cl)cc2)cc1C. The molecule has 0 aliphatic carbocycles. The smallest absolute Gasteiger partial charge is 0.279 e. The summed E-state index contributed by atoms with van der Waals surface area (Å²) in [4.78, 5) is 12.6. The molecular formula is C19H21ClN4O3. The Bertz CT molecular complexity index is 931. The molecule has 0 aliphatic rings. The Labute approximate surface area is 162 Å². The van der Waals surface area contributed by atoms with Gasteiger partial charge >= 0.3 is 0 Å². The van der Waals surface area contributed by atoms with Gasteiger partial charge in [0.05, 0.1) is 5.56 Å². The molecule has 1 N–H and O–H groups in total. The summed E-state index contributed by atoms with van der Waals surface area (Å²) >= 11 is 5.87. The van der Waals surface area contributed by atoms with Crippen LogP contribution in [-0.2, 0) is 13.2 Å². The molecule has 0 atom stereocenters. The maximum atomic E-state index is 12.6. The summed E-state index contributed by atoms with van der Waals surface area (Å²) in [5, 5.41) is 11.7. The number of aryl methyl sites for hydroxylation is 3. The minimum Gasteiger partial charge on any atom is -0.489 e. The van der Waals surface area contributed by atoms with E-state index in [9.17, 15) is 4.79 Å². The van der Waals surface area contributed by atoms with Crippen LogP contribution < -0.4 is 10.1 Å². The first kappa shape index (κ1) is 19.0. The Morgan fingerprint density at radius 2 is 2.04 bits per heavy atom. The van der Waals surface area contributed by atoms with Crippen LogP contribution in [0.3, 0.4) is 0 Å². The first-order valence-electron chi connectivity index (χ1n) is 8.67. The van der Waals surface area contributed by atoms with Gasteiger partial charge in [0.1, 0.15) is 18.1 Å². The minimum atomic E-state index is -0.386. The van der Waals surface area contributed by atoms with Crippen molar-refractivity contribution in [3.8, 4) is 5.75 Å². The topological polar surface area (TPSA) is 82.2 Å². The normalized spacial score (nSPS) is 10.8. The summed E-state index contributed by atoms with van der Waals surface area (Å²) in [5.74, 6) is 1.26. The first-order chi connectivity index (χ1) is 13.0. The number of nitrogens with one attached hydrogen (secondary N) is 1. The van der Waals surface area contributed by atoms with Crippen molar-refractivity contribution in [2.75, 3.05) is 5.32 Å². The lowest BCUT2D eigenvalue weighted by atomic mass is 10.2. The molecular weight excluding hydrogens is 368 g/mol. The van der Waals surface area contributed by atoms with Crippen LogP contribution in [0.15, 0.2) is 34.9 Å². The number of halogens is 1. The standard InChI is InChI=1S/C19H21ClN4O3/c1-4-9-24-12(2)10-17(22-24)21-19(25)18-16(13(3)27-23-18)11-26-15-7-5-14(20)6-8-15/h5-8,10H,4,9,11H2,1-3H3,(H,21,22,25). The zero-order chi connectivity index (χ0) is 19.4. The van der Waals surface area contributed by atoms with E-state index in [1.54, 1.807) is 31.2 Å². The summed E-state index contributed by atoms with van der Waals surface area (Å²) in [6.45, 7) is 6.72. The molecule has 1 aromatic carbocycles. The molecule has 2 aromatic heterocycles. The van der Waals surface area contributed by atoms with E-state index in [2.05, 4.69) is 22.5 Å². The number of carbonyl (C=O) groups is 1. The number of ether oxygens (including phenoxy) is 1. The molecule has 1 amide bonds. The molecule has 0 saturated heterocycles. The van der Waals surface area contributed by atoms with Crippen LogP contribution in [0.25, 0.3) is 0 Å². The van der Waals surface area contributed by atoms with Crippen LogP contribution in [0, 0.1) is 13.8 Å². The summed E-state index contributed by atoms with van der Waals surface area (Å²) in [7, 11) is 0. The highest BCUT2D eigenvalue weighted by Gasteiger charge is 2.21. The van der Waals surface area contributed by atoms with Gasteiger partial charge < -0.3 is 14.6 Å². The number of hydrogen-bond donors (Lipinski definition) is 1. The molecule has 7 nitrogen and oxygen atoms in total. The van der Waals surface area contributed by atoms with E-state index in [0.717, 1.165) is 18.7 Å². The highest BCUT2D eigenvalue weighted by molar-refractivity contribution is 6.30. The van der Waals surface area contributed by atoms with Crippen molar-refractivity contribution in [2.45, 2.75) is 40.3 Å². The molecule has 0 radical (unpaired) electrons. The highest BCUT2D eigenvalue weighted by atomic mass is 35.5. The predicted molar refractivity (Wildman–Crippen MR) is 102 cm³/mol. The van der Waals surface area contributed by atoms with Gasteiger partial charge in [-0.15, -0.1) is 0 Å². The lowest BCUT2D eigenvalue weighted by Crippen LogP contribution is -2.16. The fourth-order valence-corrected chi connectivity index (χ4v) is 2.74. The van der Waals surface area contributed by atoms with Gasteiger partial charge in [-0.3, -0.25) is 9.48 Å². The van der Waals surface area contributed by atoms with Crippen molar-refractivity contribution in [3.63, 3.8) is 0 Å². The predicted octanol–water partition coefficient (Wildman–Crippen LogP) is 4.38. The average molecular weight is 389 g/mol. The van der Waals surface area contributed by atoms with Crippen LogP contribution in [0.2, 0.25) is 5.02 Å². The zero-order valence-corrected chi connectivity index (χ0v) is 16.2. The van der Waals surface area contributed by atoms with E-state index in [0.29, 0.717) is 27.9 Å². The molecule has 27 heavy (non-hydrogen) atoms. The van der Waals surface area contributed by atoms with Gasteiger partial charge in [-0.1, -0.05) is 23.7 Å². The number of anilines is 1. The average Bonchev–Trinajstić information content (AvgIpc) is 3.17. The van der Waals surface area contributed by atoms with Crippen LogP contribution in [0.1, 0.15) is 40.9 Å². The number of aromatic nitrogens is 3. The molecule has 0 unspecified atom stereocenters. The van der Waals surface area contributed by atoms with Crippen molar-refractivity contribution in [1.82, 2.24) is 14.9 Å². The van der Waals surface area contributed by atoms with E-state index < -0.39 is 0 Å². The molecule has 142 valence electrons. The molecule has 8 heteroatoms. The second-order valence-electron chi connectivity index (χ2n) is 6.16. The Balaban J connectivity index is 1.72. The summed E-state index contributed by atoms with van der Waals surface area (Å²) in [6, 6.07) is 8.81. The van der Waals surface area contributed by atoms with E-state index in [1.807, 2.05) is 17.7 Å². The molecule has 0 spiro atoms. The number of carbonyl (C=O) groups excluding carboxylic acids is 1. The third-order valence-corrected chi connectivity index (χ3v) is 4.31. The Morgan fingerprint density at radius 3 is 2.74 bits per heavy atom. The molecule has 0 saturated carbocycles. The van der Waals surface area contributed by atoms with Gasteiger partial charge in [0.25, 0.3) is 5.91 Å². The second-order valence-corrected chi connectivity index (χ2v) is 6.59. The zero-order valence-electron chi connectivity index (χ0n) is 15.5. The van der Waals surface area contributed by atoms with Gasteiger partial charge in [-0.2, -0.15) is 5.10 Å². The van der Waals surface area contributed by atoms with Crippen molar-refractivity contribution in [1.29, 1.82) is 0 Å². The maximum Gasteiger partial charge on any atom is 0.279 e. The van der Waals surface area contributed by atoms with Gasteiger partial charge in [-0.05, 0) is 44.5 Å². The van der Waals surface area contributed by atoms with Crippen molar-refractivity contribution in [2.24, 2.45) is 0 Å². The number of nitrogens with zero attached hydrogens (tertiary/aromatic N) is 3. The second kappa shape index (κ2) is 8.26. The van der Waals surface area contributed by atoms with Crippen LogP contribution >= 0.6 is 11.6 Å². The summed E-state index contributed by atoms with van der Waals surface area (Å²) in [6.07, 6.45) is 0.963. The monoisotopic (exact) mass is 388 g/mol. The van der Waals surface area contributed by atoms with Gasteiger partial charge in [-0.25, -0.2) is 0 Å². The lowest BCUT2D eigenvalue weighted by molar-refractivity contribution is 0.101. The quantitative estimate of drug-likeness (QED) is 0.649. The molecule has 0 aliphatic heterocycles. The molecule has 0 bridgehead atoms. The summed E-state index contributed by atoms with van der Waals surface area (Å²) < 4.78 is 12.8. The van der Waals surface area contributed by atoms with Crippen molar-refractivity contribution in [3.05, 3.63) is 58.1 Å². The van der Waals surface area contributed by atoms with Crippen LogP contribution in [0.5, 0.6) is 5.75 Å². The van der Waals surface area contributed by atoms with E-state index in [-0.39, 0.29) is 18.2 Å². The van der Waals surface area contributed by atoms with Gasteiger partial charge in [0, 0.05) is 23.3 Å². The largest absolute Gasteiger partial charge is 0.489 e. The number of rotatable bonds is 7. The highest BCUT2D eigenvalue weighted by Crippen LogP contribution is 2.21. The number of hydrogen-bond acceptors (Lipinski definition) is 5. The minimum absolute atomic E-state index is 0.156. The molecule has 3 rings (SSSR count). The fraction of sp³-hybridized carbons (Fsp3) is 0.316. The third kappa shape index (κ3) is 4.49. The van der Waals surface area contributed by atoms with E-state index in [4.69, 9.17) is 20.9 Å². The Hall–Kier alpha value is -2.80. The molecule has 3 aromatic rings. The molecule has 0 fully saturated rings. The first-order valence-corrected chi connectivity index (χ1v) is 9.05. The maximum absolute atomic E-state index is 12.6. The molecule has 2 heterocycles. The van der Waals surface area contributed by atoms with Gasteiger partial charge in [0.15, 0.2) is 11.5 Å². The summed E-state index contributed by atoms with van der Waals surface area (Å²) in [5.41, 5.74) is 1.76. The number of amides is 1. The fourth-order valence-electron chi connectivity index (χ4n) is 2.61.